The lowest BCUT2D eigenvalue weighted by Crippen LogP contribution is -1.87. The fourth-order valence-corrected chi connectivity index (χ4v) is 0.379. The zero-order chi connectivity index (χ0) is 6.53. The highest BCUT2D eigenvalue weighted by Crippen LogP contribution is 1.94. The summed E-state index contributed by atoms with van der Waals surface area (Å²) in [7, 11) is 0. The number of rotatable bonds is 1. The van der Waals surface area contributed by atoms with Crippen LogP contribution >= 0.6 is 13.5 Å². The molecule has 0 aliphatic carbocycles. The molecule has 0 fully saturated rings. The van der Waals surface area contributed by atoms with E-state index in [1.165, 1.54) is 18.6 Å². The number of nitriles is 1. The maximum Gasteiger partial charge on any atom is 0.332 e. The van der Waals surface area contributed by atoms with Crippen LogP contribution < -0.4 is 4.74 Å². The molecule has 0 bridgehead atoms. The van der Waals surface area contributed by atoms with Gasteiger partial charge in [-0.25, -0.2) is 9.97 Å². The Bertz CT molecular complexity index is 220. The average molecular weight is 155 g/mol. The van der Waals surface area contributed by atoms with Gasteiger partial charge in [0.2, 0.25) is 0 Å². The van der Waals surface area contributed by atoms with Crippen LogP contribution in [0.25, 0.3) is 0 Å². The molecule has 0 amide bonds. The van der Waals surface area contributed by atoms with Gasteiger partial charge < -0.3 is 4.74 Å². The summed E-state index contributed by atoms with van der Waals surface area (Å²) in [5.41, 5.74) is 0. The van der Waals surface area contributed by atoms with E-state index in [-0.39, 0.29) is 19.5 Å². The summed E-state index contributed by atoms with van der Waals surface area (Å²) in [5.74, 6) is 0. The minimum Gasteiger partial charge on any atom is -0.349 e. The van der Waals surface area contributed by atoms with E-state index < -0.39 is 0 Å². The van der Waals surface area contributed by atoms with Gasteiger partial charge in [0.25, 0.3) is 6.26 Å². The Labute approximate surface area is 64.9 Å². The molecule has 0 radical (unpaired) electrons. The second kappa shape index (κ2) is 4.58. The minimum absolute atomic E-state index is 0. The normalized spacial score (nSPS) is 7.10. The molecule has 0 saturated carbocycles. The monoisotopic (exact) mass is 155 g/mol. The van der Waals surface area contributed by atoms with Crippen molar-refractivity contribution in [3.63, 3.8) is 0 Å². The zero-order valence-electron chi connectivity index (χ0n) is 4.98. The Balaban J connectivity index is 0.000000810. The van der Waals surface area contributed by atoms with Crippen molar-refractivity contribution in [1.82, 2.24) is 9.97 Å². The second-order valence-corrected chi connectivity index (χ2v) is 1.22. The summed E-state index contributed by atoms with van der Waals surface area (Å²) < 4.78 is 4.29. The molecule has 52 valence electrons. The topological polar surface area (TPSA) is 58.8 Å². The van der Waals surface area contributed by atoms with Crippen LogP contribution in [-0.4, -0.2) is 9.97 Å². The van der Waals surface area contributed by atoms with E-state index in [0.717, 1.165) is 0 Å². The van der Waals surface area contributed by atoms with Gasteiger partial charge in [-0.05, 0) is 6.07 Å². The molecule has 0 atom stereocenters. The van der Waals surface area contributed by atoms with E-state index in [1.807, 2.05) is 0 Å². The van der Waals surface area contributed by atoms with Crippen LogP contribution in [0.5, 0.6) is 6.01 Å². The van der Waals surface area contributed by atoms with E-state index >= 15 is 0 Å². The van der Waals surface area contributed by atoms with Crippen molar-refractivity contribution in [2.45, 2.75) is 0 Å². The molecule has 5 heteroatoms. The molecule has 1 aromatic rings. The molecule has 1 rings (SSSR count). The molecule has 0 aliphatic heterocycles. The largest absolute Gasteiger partial charge is 0.349 e. The first-order valence-electron chi connectivity index (χ1n) is 2.26. The molecule has 4 nitrogen and oxygen atoms in total. The third-order valence-electron chi connectivity index (χ3n) is 0.679. The van der Waals surface area contributed by atoms with Crippen molar-refractivity contribution < 1.29 is 4.74 Å². The maximum atomic E-state index is 7.97. The van der Waals surface area contributed by atoms with Crippen molar-refractivity contribution in [1.29, 1.82) is 5.26 Å². The van der Waals surface area contributed by atoms with E-state index in [1.54, 1.807) is 6.07 Å². The number of nitrogens with zero attached hydrogens (tertiary/aromatic N) is 3. The molecule has 10 heavy (non-hydrogen) atoms. The third kappa shape index (κ3) is 2.33. The Morgan fingerprint density at radius 2 is 2.00 bits per heavy atom. The maximum absolute atomic E-state index is 7.97. The molecule has 0 aliphatic rings. The van der Waals surface area contributed by atoms with Crippen LogP contribution in [0.4, 0.5) is 0 Å². The molecule has 0 aromatic carbocycles. The fraction of sp³-hybridized carbons (Fsp3) is 0. The van der Waals surface area contributed by atoms with Gasteiger partial charge >= 0.3 is 6.01 Å². The Kier molecular flexibility index (Phi) is 4.00. The lowest BCUT2D eigenvalue weighted by molar-refractivity contribution is 0.463. The number of aromatic nitrogens is 2. The summed E-state index contributed by atoms with van der Waals surface area (Å²) in [6.07, 6.45) is 4.46. The van der Waals surface area contributed by atoms with E-state index in [9.17, 15) is 0 Å². The van der Waals surface area contributed by atoms with Crippen LogP contribution in [0.15, 0.2) is 18.5 Å². The van der Waals surface area contributed by atoms with Gasteiger partial charge in [0.1, 0.15) is 0 Å². The number of hydrogen-bond acceptors (Lipinski definition) is 4. The predicted octanol–water partition coefficient (Wildman–Crippen LogP) is 0.449. The highest BCUT2D eigenvalue weighted by atomic mass is 32.1. The lowest BCUT2D eigenvalue weighted by atomic mass is 10.7. The van der Waals surface area contributed by atoms with E-state index in [2.05, 4.69) is 14.7 Å². The zero-order valence-corrected chi connectivity index (χ0v) is 5.98. The first-order chi connectivity index (χ1) is 4.43. The number of ether oxygens (including phenoxy) is 1. The minimum atomic E-state index is 0. The van der Waals surface area contributed by atoms with Gasteiger partial charge in [0.15, 0.2) is 0 Å². The highest BCUT2D eigenvalue weighted by molar-refractivity contribution is 7.59. The van der Waals surface area contributed by atoms with Crippen LogP contribution in [-0.2, 0) is 0 Å². The SMILES string of the molecule is N#COc1ncccn1.S. The standard InChI is InChI=1S/C5H3N3O.H2S/c6-4-9-5-7-2-1-3-8-5;/h1-3H;1H2. The van der Waals surface area contributed by atoms with E-state index in [4.69, 9.17) is 5.26 Å². The Hall–Kier alpha value is -1.28. The smallest absolute Gasteiger partial charge is 0.332 e. The molecule has 1 heterocycles. The fourth-order valence-electron chi connectivity index (χ4n) is 0.379. The molecule has 0 spiro atoms. The summed E-state index contributed by atoms with van der Waals surface area (Å²) >= 11 is 0. The molecule has 1 aromatic heterocycles. The third-order valence-corrected chi connectivity index (χ3v) is 0.679. The molecule has 0 unspecified atom stereocenters. The van der Waals surface area contributed by atoms with Crippen molar-refractivity contribution >= 4 is 13.5 Å². The molecule has 0 saturated heterocycles. The Morgan fingerprint density at radius 3 is 2.50 bits per heavy atom. The second-order valence-electron chi connectivity index (χ2n) is 1.22. The van der Waals surface area contributed by atoms with Crippen LogP contribution in [0, 0.1) is 11.5 Å². The molecular weight excluding hydrogens is 150 g/mol. The quantitative estimate of drug-likeness (QED) is 0.552. The van der Waals surface area contributed by atoms with Gasteiger partial charge in [-0.2, -0.15) is 13.5 Å². The van der Waals surface area contributed by atoms with Crippen molar-refractivity contribution in [3.05, 3.63) is 18.5 Å². The first-order valence-corrected chi connectivity index (χ1v) is 2.26. The van der Waals surface area contributed by atoms with Crippen LogP contribution in [0.1, 0.15) is 0 Å². The summed E-state index contributed by atoms with van der Waals surface area (Å²) in [6.45, 7) is 0. The van der Waals surface area contributed by atoms with Gasteiger partial charge in [0, 0.05) is 12.4 Å². The molecular formula is C5H5N3OS. The Morgan fingerprint density at radius 1 is 1.40 bits per heavy atom. The first kappa shape index (κ1) is 8.72. The predicted molar refractivity (Wildman–Crippen MR) is 38.7 cm³/mol. The van der Waals surface area contributed by atoms with Crippen molar-refractivity contribution in [3.8, 4) is 12.3 Å². The van der Waals surface area contributed by atoms with Gasteiger partial charge in [0.05, 0.1) is 0 Å². The van der Waals surface area contributed by atoms with E-state index in [0.29, 0.717) is 0 Å². The van der Waals surface area contributed by atoms with Crippen molar-refractivity contribution in [2.75, 3.05) is 0 Å². The highest BCUT2D eigenvalue weighted by Gasteiger charge is 1.88. The van der Waals surface area contributed by atoms with Crippen molar-refractivity contribution in [2.24, 2.45) is 0 Å². The summed E-state index contributed by atoms with van der Waals surface area (Å²) in [6, 6.07) is 1.73. The lowest BCUT2D eigenvalue weighted by Gasteiger charge is -1.87. The average Bonchev–Trinajstić information content (AvgIpc) is 1.91. The molecule has 0 N–H and O–H groups in total. The summed E-state index contributed by atoms with van der Waals surface area (Å²) in [4.78, 5) is 7.23. The van der Waals surface area contributed by atoms with Crippen LogP contribution in [0.3, 0.4) is 0 Å². The number of hydrogen-bond donors (Lipinski definition) is 0. The van der Waals surface area contributed by atoms with Gasteiger partial charge in [-0.15, -0.1) is 5.26 Å². The van der Waals surface area contributed by atoms with Crippen LogP contribution in [0.2, 0.25) is 0 Å². The van der Waals surface area contributed by atoms with Gasteiger partial charge in [-0.1, -0.05) is 0 Å². The summed E-state index contributed by atoms with van der Waals surface area (Å²) in [5, 5.41) is 7.97. The van der Waals surface area contributed by atoms with Gasteiger partial charge in [-0.3, -0.25) is 0 Å².